The van der Waals surface area contributed by atoms with Crippen LogP contribution in [0, 0.1) is 11.6 Å². The molecule has 8 heteroatoms. The molecule has 25 heavy (non-hydrogen) atoms. The van der Waals surface area contributed by atoms with E-state index < -0.39 is 29.0 Å². The van der Waals surface area contributed by atoms with Crippen molar-refractivity contribution in [2.24, 2.45) is 0 Å². The molecule has 0 unspecified atom stereocenters. The fourth-order valence-corrected chi connectivity index (χ4v) is 3.65. The molecule has 0 spiro atoms. The summed E-state index contributed by atoms with van der Waals surface area (Å²) in [6.07, 6.45) is 0.664. The Hall–Kier alpha value is -2.32. The van der Waals surface area contributed by atoms with E-state index in [0.29, 0.717) is 26.1 Å². The van der Waals surface area contributed by atoms with E-state index in [1.165, 1.54) is 18.2 Å². The van der Waals surface area contributed by atoms with E-state index >= 15 is 0 Å². The highest BCUT2D eigenvalue weighted by molar-refractivity contribution is 7.15. The van der Waals surface area contributed by atoms with Gasteiger partial charge in [-0.3, -0.25) is 4.79 Å². The van der Waals surface area contributed by atoms with Crippen molar-refractivity contribution < 1.29 is 28.2 Å². The molecule has 1 amide bonds. The van der Waals surface area contributed by atoms with Gasteiger partial charge in [-0.2, -0.15) is 0 Å². The van der Waals surface area contributed by atoms with Crippen LogP contribution in [0.2, 0.25) is 0 Å². The third kappa shape index (κ3) is 3.54. The number of thiophene rings is 1. The third-order valence-corrected chi connectivity index (χ3v) is 5.26. The van der Waals surface area contributed by atoms with Crippen molar-refractivity contribution >= 4 is 23.2 Å². The first-order chi connectivity index (χ1) is 11.9. The summed E-state index contributed by atoms with van der Waals surface area (Å²) in [5.41, 5.74) is -0.832. The number of amides is 1. The molecule has 1 aliphatic rings. The van der Waals surface area contributed by atoms with Crippen LogP contribution in [0.5, 0.6) is 0 Å². The molecule has 0 radical (unpaired) electrons. The van der Waals surface area contributed by atoms with Crippen molar-refractivity contribution in [3.63, 3.8) is 0 Å². The van der Waals surface area contributed by atoms with Crippen LogP contribution >= 0.6 is 11.3 Å². The molecule has 1 aromatic carbocycles. The van der Waals surface area contributed by atoms with Crippen molar-refractivity contribution in [2.75, 3.05) is 13.2 Å². The molecular formula is C17H15F2NO4S. The number of carbonyl (C=O) groups excluding carboxylic acids is 1. The molecule has 132 valence electrons. The van der Waals surface area contributed by atoms with Crippen molar-refractivity contribution in [3.8, 4) is 0 Å². The van der Waals surface area contributed by atoms with Crippen LogP contribution in [0.15, 0.2) is 30.3 Å². The van der Waals surface area contributed by atoms with Crippen LogP contribution < -0.4 is 5.32 Å². The smallest absolute Gasteiger partial charge is 0.345 e. The highest BCUT2D eigenvalue weighted by atomic mass is 32.1. The van der Waals surface area contributed by atoms with Gasteiger partial charge in [0.05, 0.1) is 10.4 Å². The van der Waals surface area contributed by atoms with E-state index in [0.717, 1.165) is 23.5 Å². The predicted molar refractivity (Wildman–Crippen MR) is 86.8 cm³/mol. The van der Waals surface area contributed by atoms with E-state index in [-0.39, 0.29) is 15.3 Å². The minimum absolute atomic E-state index is 0.0409. The van der Waals surface area contributed by atoms with Gasteiger partial charge in [-0.1, -0.05) is 6.07 Å². The molecule has 2 aromatic rings. The second-order valence-corrected chi connectivity index (χ2v) is 6.83. The third-order valence-electron chi connectivity index (χ3n) is 4.19. The number of ether oxygens (including phenoxy) is 1. The average Bonchev–Trinajstić information content (AvgIpc) is 3.06. The Bertz CT molecular complexity index is 815. The molecule has 2 N–H and O–H groups in total. The number of carboxylic acid groups (broad SMARTS) is 1. The van der Waals surface area contributed by atoms with Gasteiger partial charge in [-0.05, 0) is 31.0 Å². The van der Waals surface area contributed by atoms with Gasteiger partial charge >= 0.3 is 5.97 Å². The molecule has 1 aromatic heterocycles. The van der Waals surface area contributed by atoms with Gasteiger partial charge in [0.2, 0.25) is 0 Å². The van der Waals surface area contributed by atoms with E-state index in [4.69, 9.17) is 9.84 Å². The quantitative estimate of drug-likeness (QED) is 0.870. The number of rotatable bonds is 4. The average molecular weight is 367 g/mol. The van der Waals surface area contributed by atoms with Crippen LogP contribution in [0.4, 0.5) is 8.78 Å². The fourth-order valence-electron chi connectivity index (χ4n) is 2.91. The van der Waals surface area contributed by atoms with Crippen LogP contribution in [0.25, 0.3) is 0 Å². The van der Waals surface area contributed by atoms with Crippen molar-refractivity contribution in [3.05, 3.63) is 57.3 Å². The second kappa shape index (κ2) is 6.89. The zero-order chi connectivity index (χ0) is 18.0. The van der Waals surface area contributed by atoms with Crippen molar-refractivity contribution in [1.82, 2.24) is 5.32 Å². The molecule has 1 fully saturated rings. The molecule has 0 atom stereocenters. The van der Waals surface area contributed by atoms with Gasteiger partial charge in [0.15, 0.2) is 0 Å². The summed E-state index contributed by atoms with van der Waals surface area (Å²) < 4.78 is 32.9. The Kier molecular flexibility index (Phi) is 4.82. The number of hydrogen-bond donors (Lipinski definition) is 2. The Morgan fingerprint density at radius 2 is 1.80 bits per heavy atom. The minimum atomic E-state index is -1.12. The molecule has 1 aliphatic heterocycles. The first-order valence-electron chi connectivity index (χ1n) is 7.60. The number of benzene rings is 1. The van der Waals surface area contributed by atoms with E-state index in [1.807, 2.05) is 0 Å². The van der Waals surface area contributed by atoms with Crippen LogP contribution in [0.1, 0.15) is 37.7 Å². The molecule has 0 saturated carbocycles. The van der Waals surface area contributed by atoms with Crippen LogP contribution in [-0.2, 0) is 10.3 Å². The summed E-state index contributed by atoms with van der Waals surface area (Å²) in [5, 5.41) is 11.8. The number of nitrogens with one attached hydrogen (secondary N) is 1. The monoisotopic (exact) mass is 367 g/mol. The van der Waals surface area contributed by atoms with E-state index in [2.05, 4.69) is 5.32 Å². The van der Waals surface area contributed by atoms with Gasteiger partial charge in [0.1, 0.15) is 16.5 Å². The highest BCUT2D eigenvalue weighted by Gasteiger charge is 2.38. The molecule has 3 rings (SSSR count). The lowest BCUT2D eigenvalue weighted by molar-refractivity contribution is 0.0334. The first-order valence-corrected chi connectivity index (χ1v) is 8.42. The molecule has 2 heterocycles. The minimum Gasteiger partial charge on any atom is -0.477 e. The molecule has 1 saturated heterocycles. The van der Waals surface area contributed by atoms with Gasteiger partial charge < -0.3 is 15.2 Å². The zero-order valence-electron chi connectivity index (χ0n) is 13.1. The van der Waals surface area contributed by atoms with Gasteiger partial charge in [0, 0.05) is 24.8 Å². The second-order valence-electron chi connectivity index (χ2n) is 5.74. The lowest BCUT2D eigenvalue weighted by Crippen LogP contribution is -2.49. The van der Waals surface area contributed by atoms with Gasteiger partial charge in [-0.15, -0.1) is 11.3 Å². The van der Waals surface area contributed by atoms with Crippen LogP contribution in [-0.4, -0.2) is 30.2 Å². The Labute approximate surface area is 146 Å². The molecule has 5 nitrogen and oxygen atoms in total. The first kappa shape index (κ1) is 17.5. The maximum atomic E-state index is 14.3. The number of carbonyl (C=O) groups is 2. The largest absolute Gasteiger partial charge is 0.477 e. The summed E-state index contributed by atoms with van der Waals surface area (Å²) >= 11 is 0.842. The van der Waals surface area contributed by atoms with E-state index in [9.17, 15) is 18.4 Å². The van der Waals surface area contributed by atoms with Crippen LogP contribution in [0.3, 0.4) is 0 Å². The number of carboxylic acids is 1. The summed E-state index contributed by atoms with van der Waals surface area (Å²) in [6, 6.07) is 6.02. The standard InChI is InChI=1S/C17H15F2NO4S/c18-10-1-2-11(12(19)9-10)17(5-7-24-8-6-17)20-15(21)13-3-4-14(25-13)16(22)23/h1-4,9H,5-8H2,(H,20,21)(H,22,23). The van der Waals surface area contributed by atoms with Gasteiger partial charge in [-0.25, -0.2) is 13.6 Å². The molecule has 0 bridgehead atoms. The van der Waals surface area contributed by atoms with E-state index in [1.54, 1.807) is 0 Å². The summed E-state index contributed by atoms with van der Waals surface area (Å²) in [6.45, 7) is 0.643. The molecule has 0 aliphatic carbocycles. The summed E-state index contributed by atoms with van der Waals surface area (Å²) in [5.74, 6) is -3.05. The Morgan fingerprint density at radius 3 is 2.40 bits per heavy atom. The maximum absolute atomic E-state index is 14.3. The Morgan fingerprint density at radius 1 is 1.12 bits per heavy atom. The number of halogens is 2. The molecular weight excluding hydrogens is 352 g/mol. The van der Waals surface area contributed by atoms with Crippen molar-refractivity contribution in [1.29, 1.82) is 0 Å². The zero-order valence-corrected chi connectivity index (χ0v) is 13.9. The maximum Gasteiger partial charge on any atom is 0.345 e. The van der Waals surface area contributed by atoms with Gasteiger partial charge in [0.25, 0.3) is 5.91 Å². The normalized spacial score (nSPS) is 16.4. The highest BCUT2D eigenvalue weighted by Crippen LogP contribution is 2.35. The lowest BCUT2D eigenvalue weighted by Gasteiger charge is -2.38. The predicted octanol–water partition coefficient (Wildman–Crippen LogP) is 3.16. The number of aromatic carboxylic acids is 1. The SMILES string of the molecule is O=C(O)c1ccc(C(=O)NC2(c3ccc(F)cc3F)CCOCC2)s1. The topological polar surface area (TPSA) is 75.6 Å². The lowest BCUT2D eigenvalue weighted by atomic mass is 9.82. The summed E-state index contributed by atoms with van der Waals surface area (Å²) in [4.78, 5) is 23.8. The fraction of sp³-hybridized carbons (Fsp3) is 0.294. The Balaban J connectivity index is 1.92. The van der Waals surface area contributed by atoms with Crippen molar-refractivity contribution in [2.45, 2.75) is 18.4 Å². The number of hydrogen-bond acceptors (Lipinski definition) is 4. The summed E-state index contributed by atoms with van der Waals surface area (Å²) in [7, 11) is 0.